The molecule has 0 N–H and O–H groups in total. The zero-order valence-corrected chi connectivity index (χ0v) is 11.0. The second-order valence-electron chi connectivity index (χ2n) is 3.60. The molecule has 0 aliphatic rings. The van der Waals surface area contributed by atoms with Gasteiger partial charge in [0.2, 0.25) is 0 Å². The number of hydrogen-bond donors (Lipinski definition) is 0. The third kappa shape index (κ3) is 7.55. The van der Waals surface area contributed by atoms with Gasteiger partial charge in [0.15, 0.2) is 0 Å². The van der Waals surface area contributed by atoms with E-state index in [9.17, 15) is 9.59 Å². The molecule has 0 aromatic heterocycles. The second-order valence-corrected chi connectivity index (χ2v) is 3.60. The van der Waals surface area contributed by atoms with Crippen molar-refractivity contribution in [2.45, 2.75) is 46.5 Å². The Bertz CT molecular complexity index is 269. The molecule has 0 atom stereocenters. The van der Waals surface area contributed by atoms with E-state index in [4.69, 9.17) is 9.47 Å². The average Bonchev–Trinajstić information content (AvgIpc) is 2.33. The molecule has 0 saturated carbocycles. The summed E-state index contributed by atoms with van der Waals surface area (Å²) in [4.78, 5) is 22.4. The summed E-state index contributed by atoms with van der Waals surface area (Å²) in [6, 6.07) is 0. The van der Waals surface area contributed by atoms with Gasteiger partial charge in [-0.05, 0) is 12.8 Å². The fourth-order valence-corrected chi connectivity index (χ4v) is 1.29. The molecule has 17 heavy (non-hydrogen) atoms. The maximum Gasteiger partial charge on any atom is 0.333 e. The van der Waals surface area contributed by atoms with Gasteiger partial charge in [0, 0.05) is 12.0 Å². The van der Waals surface area contributed by atoms with Crippen molar-refractivity contribution in [3.8, 4) is 0 Å². The van der Waals surface area contributed by atoms with Gasteiger partial charge in [0.25, 0.3) is 0 Å². The van der Waals surface area contributed by atoms with Crippen LogP contribution >= 0.6 is 0 Å². The molecule has 0 bridgehead atoms. The molecule has 0 heterocycles. The van der Waals surface area contributed by atoms with E-state index in [0.29, 0.717) is 12.0 Å². The molecule has 0 spiro atoms. The summed E-state index contributed by atoms with van der Waals surface area (Å²) in [5.41, 5.74) is 0.705. The van der Waals surface area contributed by atoms with Crippen LogP contribution in [0.25, 0.3) is 0 Å². The van der Waals surface area contributed by atoms with E-state index in [1.165, 1.54) is 0 Å². The quantitative estimate of drug-likeness (QED) is 0.373. The van der Waals surface area contributed by atoms with Crippen molar-refractivity contribution in [2.75, 3.05) is 13.2 Å². The molecule has 0 radical (unpaired) electrons. The summed E-state index contributed by atoms with van der Waals surface area (Å²) in [7, 11) is 0. The van der Waals surface area contributed by atoms with Crippen LogP contribution in [0.2, 0.25) is 0 Å². The van der Waals surface area contributed by atoms with Gasteiger partial charge in [0.1, 0.15) is 13.2 Å². The Hall–Kier alpha value is -1.32. The van der Waals surface area contributed by atoms with E-state index in [2.05, 4.69) is 0 Å². The molecule has 0 amide bonds. The Morgan fingerprint density at radius 2 is 1.71 bits per heavy atom. The highest BCUT2D eigenvalue weighted by Gasteiger charge is 2.09. The van der Waals surface area contributed by atoms with Gasteiger partial charge in [-0.15, -0.1) is 0 Å². The molecular weight excluding hydrogens is 220 g/mol. The third-order valence-corrected chi connectivity index (χ3v) is 2.10. The Kier molecular flexibility index (Phi) is 9.11. The smallest absolute Gasteiger partial charge is 0.333 e. The minimum absolute atomic E-state index is 0.120. The number of hydrogen-bond acceptors (Lipinski definition) is 4. The highest BCUT2D eigenvalue weighted by Crippen LogP contribution is 2.08. The molecule has 4 nitrogen and oxygen atoms in total. The minimum atomic E-state index is -0.304. The predicted octanol–water partition coefficient (Wildman–Crippen LogP) is 2.62. The van der Waals surface area contributed by atoms with E-state index in [0.717, 1.165) is 19.3 Å². The van der Waals surface area contributed by atoms with Crippen LogP contribution in [-0.2, 0) is 19.1 Å². The summed E-state index contributed by atoms with van der Waals surface area (Å²) in [5.74, 6) is -0.583. The van der Waals surface area contributed by atoms with Gasteiger partial charge >= 0.3 is 11.9 Å². The van der Waals surface area contributed by atoms with Crippen molar-refractivity contribution >= 4 is 11.9 Å². The lowest BCUT2D eigenvalue weighted by molar-refractivity contribution is -0.149. The first-order valence-corrected chi connectivity index (χ1v) is 6.17. The summed E-state index contributed by atoms with van der Waals surface area (Å²) >= 11 is 0. The van der Waals surface area contributed by atoms with Crippen LogP contribution in [0, 0.1) is 0 Å². The van der Waals surface area contributed by atoms with Crippen LogP contribution < -0.4 is 0 Å². The highest BCUT2D eigenvalue weighted by molar-refractivity contribution is 5.88. The van der Waals surface area contributed by atoms with Crippen molar-refractivity contribution in [1.82, 2.24) is 0 Å². The highest BCUT2D eigenvalue weighted by atomic mass is 16.6. The monoisotopic (exact) mass is 242 g/mol. The largest absolute Gasteiger partial charge is 0.462 e. The van der Waals surface area contributed by atoms with Gasteiger partial charge in [0.05, 0.1) is 0 Å². The normalized spacial score (nSPS) is 11.1. The molecule has 98 valence electrons. The first-order valence-electron chi connectivity index (χ1n) is 6.17. The number of carbonyl (C=O) groups excluding carboxylic acids is 2. The van der Waals surface area contributed by atoms with Gasteiger partial charge in [-0.2, -0.15) is 0 Å². The van der Waals surface area contributed by atoms with Crippen molar-refractivity contribution in [2.24, 2.45) is 0 Å². The van der Waals surface area contributed by atoms with Crippen LogP contribution in [0.3, 0.4) is 0 Å². The van der Waals surface area contributed by atoms with E-state index >= 15 is 0 Å². The molecular formula is C13H22O4. The maximum absolute atomic E-state index is 11.6. The molecule has 0 rings (SSSR count). The van der Waals surface area contributed by atoms with Crippen molar-refractivity contribution in [3.63, 3.8) is 0 Å². The SMILES string of the molecule is CCC=C(CCC)C(=O)OCCOC(=O)CC. The van der Waals surface area contributed by atoms with E-state index in [1.807, 2.05) is 19.9 Å². The molecule has 0 saturated heterocycles. The zero-order valence-electron chi connectivity index (χ0n) is 11.0. The maximum atomic E-state index is 11.6. The van der Waals surface area contributed by atoms with Gasteiger partial charge in [-0.3, -0.25) is 4.79 Å². The average molecular weight is 242 g/mol. The summed E-state index contributed by atoms with van der Waals surface area (Å²) in [6.45, 7) is 5.96. The van der Waals surface area contributed by atoms with Gasteiger partial charge < -0.3 is 9.47 Å². The van der Waals surface area contributed by atoms with Crippen LogP contribution in [0.5, 0.6) is 0 Å². The molecule has 0 unspecified atom stereocenters. The second kappa shape index (κ2) is 9.87. The van der Waals surface area contributed by atoms with Crippen LogP contribution in [0.1, 0.15) is 46.5 Å². The number of carbonyl (C=O) groups is 2. The summed E-state index contributed by atoms with van der Waals surface area (Å²) in [6.07, 6.45) is 4.66. The number of ether oxygens (including phenoxy) is 2. The van der Waals surface area contributed by atoms with Crippen LogP contribution in [-0.4, -0.2) is 25.2 Å². The fraction of sp³-hybridized carbons (Fsp3) is 0.692. The molecule has 0 aromatic rings. The van der Waals surface area contributed by atoms with Crippen molar-refractivity contribution in [1.29, 1.82) is 0 Å². The number of rotatable bonds is 8. The lowest BCUT2D eigenvalue weighted by atomic mass is 10.1. The molecule has 0 aromatic carbocycles. The molecule has 0 aliphatic carbocycles. The first-order chi connectivity index (χ1) is 8.15. The van der Waals surface area contributed by atoms with Crippen molar-refractivity contribution < 1.29 is 19.1 Å². The molecule has 0 aliphatic heterocycles. The van der Waals surface area contributed by atoms with Gasteiger partial charge in [-0.1, -0.05) is 33.3 Å². The topological polar surface area (TPSA) is 52.6 Å². The Balaban J connectivity index is 3.90. The zero-order chi connectivity index (χ0) is 13.1. The summed E-state index contributed by atoms with van der Waals surface area (Å²) in [5, 5.41) is 0. The summed E-state index contributed by atoms with van der Waals surface area (Å²) < 4.78 is 9.83. The van der Waals surface area contributed by atoms with E-state index < -0.39 is 0 Å². The van der Waals surface area contributed by atoms with Crippen LogP contribution in [0.15, 0.2) is 11.6 Å². The Labute approximate surface area is 103 Å². The lowest BCUT2D eigenvalue weighted by Crippen LogP contribution is -2.14. The van der Waals surface area contributed by atoms with E-state index in [-0.39, 0.29) is 25.2 Å². The van der Waals surface area contributed by atoms with Gasteiger partial charge in [-0.25, -0.2) is 4.79 Å². The molecule has 4 heteroatoms. The first kappa shape index (κ1) is 15.7. The lowest BCUT2D eigenvalue weighted by Gasteiger charge is -2.07. The predicted molar refractivity (Wildman–Crippen MR) is 65.5 cm³/mol. The fourth-order valence-electron chi connectivity index (χ4n) is 1.29. The third-order valence-electron chi connectivity index (χ3n) is 2.10. The molecule has 0 fully saturated rings. The van der Waals surface area contributed by atoms with Crippen LogP contribution in [0.4, 0.5) is 0 Å². The number of allylic oxidation sites excluding steroid dienone is 1. The number of esters is 2. The van der Waals surface area contributed by atoms with E-state index in [1.54, 1.807) is 6.92 Å². The Morgan fingerprint density at radius 1 is 1.06 bits per heavy atom. The minimum Gasteiger partial charge on any atom is -0.462 e. The standard InChI is InChI=1S/C13H22O4/c1-4-7-11(8-5-2)13(15)17-10-9-16-12(14)6-3/h7H,4-6,8-10H2,1-3H3. The van der Waals surface area contributed by atoms with Crippen molar-refractivity contribution in [3.05, 3.63) is 11.6 Å². The Morgan fingerprint density at radius 3 is 2.24 bits per heavy atom.